The minimum Gasteiger partial charge on any atom is -0.380 e. The summed E-state index contributed by atoms with van der Waals surface area (Å²) in [7, 11) is 0. The number of halogens is 1. The van der Waals surface area contributed by atoms with Gasteiger partial charge in [0.15, 0.2) is 0 Å². The quantitative estimate of drug-likeness (QED) is 0.671. The van der Waals surface area contributed by atoms with Gasteiger partial charge in [-0.2, -0.15) is 0 Å². The van der Waals surface area contributed by atoms with Gasteiger partial charge in [0.25, 0.3) is 5.69 Å². The Labute approximate surface area is 117 Å². The number of nitrogens with zero attached hydrogens (tertiary/aromatic N) is 1. The van der Waals surface area contributed by atoms with Gasteiger partial charge in [-0.15, -0.1) is 11.3 Å². The number of hydrogen-bond acceptors (Lipinski definition) is 4. The second kappa shape index (κ2) is 5.49. The maximum absolute atomic E-state index is 10.6. The van der Waals surface area contributed by atoms with Gasteiger partial charge in [-0.1, -0.05) is 0 Å². The Bertz CT molecular complexity index is 583. The van der Waals surface area contributed by atoms with E-state index >= 15 is 0 Å². The Morgan fingerprint density at radius 1 is 1.44 bits per heavy atom. The summed E-state index contributed by atoms with van der Waals surface area (Å²) in [5, 5.41) is 15.9. The largest absolute Gasteiger partial charge is 0.380 e. The summed E-state index contributed by atoms with van der Waals surface area (Å²) < 4.78 is 1.08. The predicted molar refractivity (Wildman–Crippen MR) is 77.2 cm³/mol. The Balaban J connectivity index is 2.11. The standard InChI is InChI=1S/C12H11BrN2O2S/c1-8-6-9(15(16)17)2-3-11(8)14-7-12-10(13)4-5-18-12/h2-6,14H,7H2,1H3. The van der Waals surface area contributed by atoms with Crippen molar-refractivity contribution in [2.75, 3.05) is 5.32 Å². The van der Waals surface area contributed by atoms with E-state index in [4.69, 9.17) is 0 Å². The van der Waals surface area contributed by atoms with E-state index in [2.05, 4.69) is 21.2 Å². The van der Waals surface area contributed by atoms with E-state index in [1.54, 1.807) is 23.5 Å². The van der Waals surface area contributed by atoms with Gasteiger partial charge in [-0.3, -0.25) is 10.1 Å². The summed E-state index contributed by atoms with van der Waals surface area (Å²) in [6.45, 7) is 2.57. The molecule has 1 aromatic heterocycles. The Morgan fingerprint density at radius 3 is 2.78 bits per heavy atom. The van der Waals surface area contributed by atoms with E-state index in [9.17, 15) is 10.1 Å². The van der Waals surface area contributed by atoms with Gasteiger partial charge in [0.2, 0.25) is 0 Å². The van der Waals surface area contributed by atoms with Crippen LogP contribution in [0, 0.1) is 17.0 Å². The van der Waals surface area contributed by atoms with Crippen molar-refractivity contribution in [1.29, 1.82) is 0 Å². The van der Waals surface area contributed by atoms with Crippen LogP contribution >= 0.6 is 27.3 Å². The average molecular weight is 327 g/mol. The molecule has 0 aliphatic rings. The molecule has 1 N–H and O–H groups in total. The summed E-state index contributed by atoms with van der Waals surface area (Å²) in [6, 6.07) is 6.84. The molecule has 6 heteroatoms. The van der Waals surface area contributed by atoms with Crippen LogP contribution in [0.15, 0.2) is 34.1 Å². The zero-order chi connectivity index (χ0) is 13.1. The minimum absolute atomic E-state index is 0.121. The van der Waals surface area contributed by atoms with Crippen LogP contribution in [0.4, 0.5) is 11.4 Å². The first-order valence-corrected chi connectivity index (χ1v) is 6.96. The number of nitro groups is 1. The zero-order valence-corrected chi connectivity index (χ0v) is 12.0. The lowest BCUT2D eigenvalue weighted by Crippen LogP contribution is -2.00. The van der Waals surface area contributed by atoms with Crippen molar-refractivity contribution in [1.82, 2.24) is 0 Å². The first-order chi connectivity index (χ1) is 8.58. The molecular formula is C12H11BrN2O2S. The average Bonchev–Trinajstić information content (AvgIpc) is 2.73. The summed E-state index contributed by atoms with van der Waals surface area (Å²) in [5.41, 5.74) is 1.91. The number of nitrogens with one attached hydrogen (secondary N) is 1. The number of aryl methyl sites for hydroxylation is 1. The second-order valence-electron chi connectivity index (χ2n) is 3.80. The number of hydrogen-bond donors (Lipinski definition) is 1. The molecule has 0 amide bonds. The molecule has 18 heavy (non-hydrogen) atoms. The summed E-state index contributed by atoms with van der Waals surface area (Å²) in [5.74, 6) is 0. The van der Waals surface area contributed by atoms with Crippen molar-refractivity contribution in [2.24, 2.45) is 0 Å². The highest BCUT2D eigenvalue weighted by Gasteiger charge is 2.08. The summed E-state index contributed by atoms with van der Waals surface area (Å²) >= 11 is 5.14. The highest BCUT2D eigenvalue weighted by Crippen LogP contribution is 2.25. The number of benzene rings is 1. The molecule has 0 saturated carbocycles. The van der Waals surface area contributed by atoms with Gasteiger partial charge in [-0.05, 0) is 45.9 Å². The van der Waals surface area contributed by atoms with Gasteiger partial charge in [-0.25, -0.2) is 0 Å². The van der Waals surface area contributed by atoms with Crippen LogP contribution in [0.5, 0.6) is 0 Å². The van der Waals surface area contributed by atoms with Crippen LogP contribution in [0.3, 0.4) is 0 Å². The molecule has 0 atom stereocenters. The third-order valence-electron chi connectivity index (χ3n) is 2.55. The lowest BCUT2D eigenvalue weighted by atomic mass is 10.2. The van der Waals surface area contributed by atoms with Crippen LogP contribution in [-0.4, -0.2) is 4.92 Å². The molecule has 1 heterocycles. The third-order valence-corrected chi connectivity index (χ3v) is 4.48. The van der Waals surface area contributed by atoms with Crippen molar-refractivity contribution >= 4 is 38.6 Å². The van der Waals surface area contributed by atoms with Crippen LogP contribution in [0.1, 0.15) is 10.4 Å². The maximum Gasteiger partial charge on any atom is 0.269 e. The fourth-order valence-corrected chi connectivity index (χ4v) is 3.02. The van der Waals surface area contributed by atoms with Crippen LogP contribution in [-0.2, 0) is 6.54 Å². The third kappa shape index (κ3) is 2.88. The molecule has 0 spiro atoms. The topological polar surface area (TPSA) is 55.2 Å². The molecule has 0 fully saturated rings. The van der Waals surface area contributed by atoms with Crippen LogP contribution < -0.4 is 5.32 Å². The molecule has 1 aromatic carbocycles. The van der Waals surface area contributed by atoms with E-state index in [-0.39, 0.29) is 10.6 Å². The Hall–Kier alpha value is -1.40. The lowest BCUT2D eigenvalue weighted by molar-refractivity contribution is -0.384. The van der Waals surface area contributed by atoms with Gasteiger partial charge in [0.1, 0.15) is 0 Å². The molecule has 2 aromatic rings. The SMILES string of the molecule is Cc1cc([N+](=O)[O-])ccc1NCc1sccc1Br. The van der Waals surface area contributed by atoms with Crippen molar-refractivity contribution in [2.45, 2.75) is 13.5 Å². The summed E-state index contributed by atoms with van der Waals surface area (Å²) in [4.78, 5) is 11.5. The Kier molecular flexibility index (Phi) is 3.98. The molecule has 0 saturated heterocycles. The first kappa shape index (κ1) is 13.0. The smallest absolute Gasteiger partial charge is 0.269 e. The number of rotatable bonds is 4. The van der Waals surface area contributed by atoms with Crippen LogP contribution in [0.2, 0.25) is 0 Å². The van der Waals surface area contributed by atoms with E-state index < -0.39 is 0 Å². The van der Waals surface area contributed by atoms with Crippen molar-refractivity contribution in [3.63, 3.8) is 0 Å². The van der Waals surface area contributed by atoms with Gasteiger partial charge < -0.3 is 5.32 Å². The van der Waals surface area contributed by atoms with Gasteiger partial charge in [0.05, 0.1) is 11.5 Å². The van der Waals surface area contributed by atoms with Gasteiger partial charge in [0, 0.05) is 27.2 Å². The molecule has 0 aliphatic heterocycles. The fraction of sp³-hybridized carbons (Fsp3) is 0.167. The van der Waals surface area contributed by atoms with E-state index in [1.807, 2.05) is 18.4 Å². The highest BCUT2D eigenvalue weighted by molar-refractivity contribution is 9.10. The summed E-state index contributed by atoms with van der Waals surface area (Å²) in [6.07, 6.45) is 0. The molecule has 0 bridgehead atoms. The molecular weight excluding hydrogens is 316 g/mol. The first-order valence-electron chi connectivity index (χ1n) is 5.28. The van der Waals surface area contributed by atoms with Crippen LogP contribution in [0.25, 0.3) is 0 Å². The Morgan fingerprint density at radius 2 is 2.22 bits per heavy atom. The zero-order valence-electron chi connectivity index (χ0n) is 9.64. The van der Waals surface area contributed by atoms with E-state index in [0.717, 1.165) is 15.7 Å². The number of anilines is 1. The fourth-order valence-electron chi connectivity index (χ4n) is 1.59. The van der Waals surface area contributed by atoms with Crippen molar-refractivity contribution < 1.29 is 4.92 Å². The monoisotopic (exact) mass is 326 g/mol. The van der Waals surface area contributed by atoms with Crippen molar-refractivity contribution in [3.05, 3.63) is 54.7 Å². The van der Waals surface area contributed by atoms with Gasteiger partial charge >= 0.3 is 0 Å². The molecule has 4 nitrogen and oxygen atoms in total. The number of non-ortho nitro benzene ring substituents is 1. The molecule has 94 valence electrons. The van der Waals surface area contributed by atoms with Crippen molar-refractivity contribution in [3.8, 4) is 0 Å². The maximum atomic E-state index is 10.6. The number of thiophene rings is 1. The molecule has 0 unspecified atom stereocenters. The van der Waals surface area contributed by atoms with E-state index in [1.165, 1.54) is 10.9 Å². The molecule has 2 rings (SSSR count). The number of nitro benzene ring substituents is 1. The second-order valence-corrected chi connectivity index (χ2v) is 5.66. The molecule has 0 radical (unpaired) electrons. The highest BCUT2D eigenvalue weighted by atomic mass is 79.9. The normalized spacial score (nSPS) is 10.3. The van der Waals surface area contributed by atoms with E-state index in [0.29, 0.717) is 6.54 Å². The molecule has 0 aliphatic carbocycles. The minimum atomic E-state index is -0.382. The predicted octanol–water partition coefficient (Wildman–Crippen LogP) is 4.34. The lowest BCUT2D eigenvalue weighted by Gasteiger charge is -2.08.